The second kappa shape index (κ2) is 6.18. The molecule has 0 atom stereocenters. The fourth-order valence-electron chi connectivity index (χ4n) is 1.87. The molecule has 5 nitrogen and oxygen atoms in total. The van der Waals surface area contributed by atoms with Crippen LogP contribution in [0.1, 0.15) is 6.42 Å². The van der Waals surface area contributed by atoms with Crippen molar-refractivity contribution in [2.75, 3.05) is 26.2 Å². The van der Waals surface area contributed by atoms with Crippen molar-refractivity contribution in [1.82, 2.24) is 4.31 Å². The van der Waals surface area contributed by atoms with Crippen molar-refractivity contribution >= 4 is 10.0 Å². The van der Waals surface area contributed by atoms with Crippen molar-refractivity contribution < 1.29 is 13.2 Å². The third-order valence-electron chi connectivity index (χ3n) is 2.87. The minimum atomic E-state index is -3.40. The summed E-state index contributed by atoms with van der Waals surface area (Å²) in [6.07, 6.45) is 4.63. The zero-order valence-electron chi connectivity index (χ0n) is 10.7. The summed E-state index contributed by atoms with van der Waals surface area (Å²) in [5.74, 6) is 0.628. The first-order chi connectivity index (χ1) is 9.14. The van der Waals surface area contributed by atoms with Crippen LogP contribution in [0.3, 0.4) is 0 Å². The van der Waals surface area contributed by atoms with Crippen LogP contribution in [-0.4, -0.2) is 39.0 Å². The Labute approximate surface area is 113 Å². The quantitative estimate of drug-likeness (QED) is 0.817. The molecular weight excluding hydrogens is 264 g/mol. The van der Waals surface area contributed by atoms with Gasteiger partial charge in [-0.3, -0.25) is 0 Å². The van der Waals surface area contributed by atoms with Crippen LogP contribution in [0.5, 0.6) is 5.75 Å². The Morgan fingerprint density at radius 2 is 1.95 bits per heavy atom. The van der Waals surface area contributed by atoms with Crippen LogP contribution in [0, 0.1) is 0 Å². The van der Waals surface area contributed by atoms with Crippen molar-refractivity contribution in [2.45, 2.75) is 11.3 Å². The molecule has 6 heteroatoms. The zero-order valence-corrected chi connectivity index (χ0v) is 11.5. The molecule has 0 aliphatic carbocycles. The molecule has 1 aromatic carbocycles. The van der Waals surface area contributed by atoms with E-state index in [1.807, 2.05) is 12.2 Å². The summed E-state index contributed by atoms with van der Waals surface area (Å²) in [7, 11) is -3.40. The Balaban J connectivity index is 2.14. The number of sulfonamides is 1. The Kier molecular flexibility index (Phi) is 4.57. The maximum atomic E-state index is 12.3. The fraction of sp³-hybridized carbons (Fsp3) is 0.385. The van der Waals surface area contributed by atoms with Gasteiger partial charge >= 0.3 is 0 Å². The number of nitrogens with zero attached hydrogens (tertiary/aromatic N) is 1. The highest BCUT2D eigenvalue weighted by Gasteiger charge is 2.24. The minimum Gasteiger partial charge on any atom is -0.492 e. The molecule has 0 radical (unpaired) electrons. The van der Waals surface area contributed by atoms with Crippen LogP contribution in [0.2, 0.25) is 0 Å². The first-order valence-corrected chi connectivity index (χ1v) is 7.66. The van der Waals surface area contributed by atoms with E-state index in [1.165, 1.54) is 4.31 Å². The van der Waals surface area contributed by atoms with E-state index in [-0.39, 0.29) is 0 Å². The standard InChI is InChI=1S/C13H18N2O3S/c14-8-11-18-12-4-6-13(7-5-12)19(16,17)15-9-2-1-3-10-15/h1-2,4-7H,3,8-11,14H2. The van der Waals surface area contributed by atoms with Gasteiger partial charge in [0, 0.05) is 19.6 Å². The van der Waals surface area contributed by atoms with Gasteiger partial charge in [-0.1, -0.05) is 12.2 Å². The van der Waals surface area contributed by atoms with Gasteiger partial charge in [0.2, 0.25) is 10.0 Å². The van der Waals surface area contributed by atoms with Crippen molar-refractivity contribution in [3.05, 3.63) is 36.4 Å². The lowest BCUT2D eigenvalue weighted by atomic mass is 10.3. The van der Waals surface area contributed by atoms with E-state index in [4.69, 9.17) is 10.5 Å². The molecule has 2 rings (SSSR count). The molecule has 19 heavy (non-hydrogen) atoms. The number of rotatable bonds is 5. The van der Waals surface area contributed by atoms with E-state index >= 15 is 0 Å². The molecule has 0 aromatic heterocycles. The predicted molar refractivity (Wildman–Crippen MR) is 73.5 cm³/mol. The van der Waals surface area contributed by atoms with Gasteiger partial charge in [-0.05, 0) is 30.7 Å². The normalized spacial score (nSPS) is 16.5. The summed E-state index contributed by atoms with van der Waals surface area (Å²) < 4.78 is 31.5. The fourth-order valence-corrected chi connectivity index (χ4v) is 3.28. The number of ether oxygens (including phenoxy) is 1. The second-order valence-corrected chi connectivity index (χ2v) is 6.17. The first kappa shape index (κ1) is 14.0. The summed E-state index contributed by atoms with van der Waals surface area (Å²) in [5, 5.41) is 0. The second-order valence-electron chi connectivity index (χ2n) is 4.23. The van der Waals surface area contributed by atoms with Gasteiger partial charge < -0.3 is 10.5 Å². The number of hydrogen-bond acceptors (Lipinski definition) is 4. The molecule has 0 saturated carbocycles. The van der Waals surface area contributed by atoms with Crippen LogP contribution in [-0.2, 0) is 10.0 Å². The van der Waals surface area contributed by atoms with E-state index in [1.54, 1.807) is 24.3 Å². The Morgan fingerprint density at radius 1 is 1.21 bits per heavy atom. The van der Waals surface area contributed by atoms with E-state index in [0.717, 1.165) is 6.42 Å². The summed E-state index contributed by atoms with van der Waals surface area (Å²) in [4.78, 5) is 0.294. The lowest BCUT2D eigenvalue weighted by molar-refractivity contribution is 0.328. The lowest BCUT2D eigenvalue weighted by Crippen LogP contribution is -2.33. The number of hydrogen-bond donors (Lipinski definition) is 1. The third kappa shape index (κ3) is 3.34. The summed E-state index contributed by atoms with van der Waals surface area (Å²) >= 11 is 0. The summed E-state index contributed by atoms with van der Waals surface area (Å²) in [6, 6.07) is 6.45. The van der Waals surface area contributed by atoms with Crippen molar-refractivity contribution in [1.29, 1.82) is 0 Å². The van der Waals surface area contributed by atoms with Gasteiger partial charge in [-0.2, -0.15) is 4.31 Å². The zero-order chi connectivity index (χ0) is 13.7. The van der Waals surface area contributed by atoms with Crippen LogP contribution >= 0.6 is 0 Å². The van der Waals surface area contributed by atoms with E-state index in [0.29, 0.717) is 36.9 Å². The van der Waals surface area contributed by atoms with E-state index in [2.05, 4.69) is 0 Å². The Hall–Kier alpha value is -1.37. The SMILES string of the molecule is NCCOc1ccc(S(=O)(=O)N2CC=CCC2)cc1. The molecule has 0 fully saturated rings. The van der Waals surface area contributed by atoms with Gasteiger partial charge in [-0.15, -0.1) is 0 Å². The van der Waals surface area contributed by atoms with Crippen LogP contribution in [0.4, 0.5) is 0 Å². The minimum absolute atomic E-state index is 0.294. The van der Waals surface area contributed by atoms with Crippen LogP contribution < -0.4 is 10.5 Å². The topological polar surface area (TPSA) is 72.6 Å². The highest BCUT2D eigenvalue weighted by atomic mass is 32.2. The average molecular weight is 282 g/mol. The van der Waals surface area contributed by atoms with Gasteiger partial charge in [0.1, 0.15) is 12.4 Å². The molecule has 0 amide bonds. The molecule has 1 aliphatic rings. The van der Waals surface area contributed by atoms with E-state index < -0.39 is 10.0 Å². The molecule has 0 bridgehead atoms. The highest BCUT2D eigenvalue weighted by molar-refractivity contribution is 7.89. The van der Waals surface area contributed by atoms with Crippen LogP contribution in [0.15, 0.2) is 41.3 Å². The Morgan fingerprint density at radius 3 is 2.53 bits per heavy atom. The molecule has 2 N–H and O–H groups in total. The monoisotopic (exact) mass is 282 g/mol. The smallest absolute Gasteiger partial charge is 0.243 e. The molecule has 1 aliphatic heterocycles. The predicted octanol–water partition coefficient (Wildman–Crippen LogP) is 0.975. The molecular formula is C13H18N2O3S. The maximum Gasteiger partial charge on any atom is 0.243 e. The first-order valence-electron chi connectivity index (χ1n) is 6.22. The third-order valence-corrected chi connectivity index (χ3v) is 4.75. The maximum absolute atomic E-state index is 12.3. The van der Waals surface area contributed by atoms with Crippen LogP contribution in [0.25, 0.3) is 0 Å². The van der Waals surface area contributed by atoms with Crippen molar-refractivity contribution in [3.63, 3.8) is 0 Å². The average Bonchev–Trinajstić information content (AvgIpc) is 2.46. The van der Waals surface area contributed by atoms with E-state index in [9.17, 15) is 8.42 Å². The number of benzene rings is 1. The van der Waals surface area contributed by atoms with Gasteiger partial charge in [-0.25, -0.2) is 8.42 Å². The van der Waals surface area contributed by atoms with Crippen molar-refractivity contribution in [2.24, 2.45) is 5.73 Å². The molecule has 0 saturated heterocycles. The molecule has 0 unspecified atom stereocenters. The van der Waals surface area contributed by atoms with Gasteiger partial charge in [0.25, 0.3) is 0 Å². The molecule has 104 valence electrons. The van der Waals surface area contributed by atoms with Crippen molar-refractivity contribution in [3.8, 4) is 5.75 Å². The Bertz CT molecular complexity index is 538. The summed E-state index contributed by atoms with van der Waals surface area (Å²) in [5.41, 5.74) is 5.34. The number of nitrogens with two attached hydrogens (primary N) is 1. The highest BCUT2D eigenvalue weighted by Crippen LogP contribution is 2.20. The van der Waals surface area contributed by atoms with Gasteiger partial charge in [0.05, 0.1) is 4.90 Å². The van der Waals surface area contributed by atoms with Gasteiger partial charge in [0.15, 0.2) is 0 Å². The molecule has 1 aromatic rings. The summed E-state index contributed by atoms with van der Waals surface area (Å²) in [6.45, 7) is 1.82. The molecule has 0 spiro atoms. The lowest BCUT2D eigenvalue weighted by Gasteiger charge is -2.22. The molecule has 1 heterocycles. The largest absolute Gasteiger partial charge is 0.492 e.